The highest BCUT2D eigenvalue weighted by Gasteiger charge is 2.68. The summed E-state index contributed by atoms with van der Waals surface area (Å²) in [5, 5.41) is 10.3. The molecule has 3 fully saturated rings. The highest BCUT2D eigenvalue weighted by molar-refractivity contribution is 5.95. The first-order chi connectivity index (χ1) is 15.5. The molecule has 0 aromatic heterocycles. The Labute approximate surface area is 187 Å². The summed E-state index contributed by atoms with van der Waals surface area (Å²) >= 11 is 0. The van der Waals surface area contributed by atoms with Gasteiger partial charge in [0.15, 0.2) is 0 Å². The summed E-state index contributed by atoms with van der Waals surface area (Å²) in [5.74, 6) is -0.572. The van der Waals surface area contributed by atoms with Gasteiger partial charge in [0.1, 0.15) is 5.82 Å². The predicted molar refractivity (Wildman–Crippen MR) is 119 cm³/mol. The Bertz CT molecular complexity index is 999. The molecule has 1 aliphatic carbocycles. The van der Waals surface area contributed by atoms with Gasteiger partial charge < -0.3 is 14.9 Å². The third kappa shape index (κ3) is 3.32. The summed E-state index contributed by atoms with van der Waals surface area (Å²) < 4.78 is 13.6. The molecule has 2 aromatic rings. The molecule has 32 heavy (non-hydrogen) atoms. The lowest BCUT2D eigenvalue weighted by molar-refractivity contribution is -0.198. The lowest BCUT2D eigenvalue weighted by atomic mass is 9.60. The molecule has 168 valence electrons. The van der Waals surface area contributed by atoms with Crippen LogP contribution in [0.3, 0.4) is 0 Å². The molecular weight excluding hydrogens is 407 g/mol. The largest absolute Gasteiger partial charge is 0.394 e. The van der Waals surface area contributed by atoms with Crippen molar-refractivity contribution in [2.75, 3.05) is 19.7 Å². The third-order valence-electron chi connectivity index (χ3n) is 7.60. The molecule has 0 bridgehead atoms. The molecule has 2 heterocycles. The average Bonchev–Trinajstić information content (AvgIpc) is 2.79. The minimum absolute atomic E-state index is 0.000584. The van der Waals surface area contributed by atoms with E-state index in [1.807, 2.05) is 35.2 Å². The normalized spacial score (nSPS) is 24.7. The molecule has 5 rings (SSSR count). The van der Waals surface area contributed by atoms with Crippen LogP contribution in [-0.2, 0) is 4.79 Å². The molecule has 2 atom stereocenters. The van der Waals surface area contributed by atoms with Crippen LogP contribution in [0.2, 0.25) is 0 Å². The van der Waals surface area contributed by atoms with Gasteiger partial charge in [0.05, 0.1) is 18.2 Å². The van der Waals surface area contributed by atoms with E-state index in [1.54, 1.807) is 11.0 Å². The van der Waals surface area contributed by atoms with E-state index in [0.29, 0.717) is 18.7 Å². The summed E-state index contributed by atoms with van der Waals surface area (Å²) in [6.07, 6.45) is 5.08. The number of hydrogen-bond acceptors (Lipinski definition) is 3. The maximum Gasteiger partial charge on any atom is 0.254 e. The maximum atomic E-state index is 13.6. The summed E-state index contributed by atoms with van der Waals surface area (Å²) in [4.78, 5) is 30.2. The van der Waals surface area contributed by atoms with Gasteiger partial charge in [0.2, 0.25) is 5.91 Å². The van der Waals surface area contributed by atoms with Crippen LogP contribution in [0.4, 0.5) is 4.39 Å². The topological polar surface area (TPSA) is 60.9 Å². The van der Waals surface area contributed by atoms with Crippen molar-refractivity contribution >= 4 is 11.8 Å². The number of aliphatic hydroxyl groups excluding tert-OH is 1. The summed E-state index contributed by atoms with van der Waals surface area (Å²) in [6.45, 7) is 0.700. The zero-order chi connectivity index (χ0) is 22.3. The highest BCUT2D eigenvalue weighted by Crippen LogP contribution is 2.55. The molecule has 1 saturated carbocycles. The molecule has 3 aliphatic rings. The lowest BCUT2D eigenvalue weighted by Gasteiger charge is -2.71. The summed E-state index contributed by atoms with van der Waals surface area (Å²) in [5.41, 5.74) is 0.892. The maximum absolute atomic E-state index is 13.6. The monoisotopic (exact) mass is 436 g/mol. The van der Waals surface area contributed by atoms with Gasteiger partial charge >= 0.3 is 0 Å². The van der Waals surface area contributed by atoms with Crippen LogP contribution in [0.25, 0.3) is 0 Å². The molecule has 1 spiro atoms. The Hall–Kier alpha value is -2.73. The Kier molecular flexibility index (Phi) is 5.49. The van der Waals surface area contributed by atoms with Crippen molar-refractivity contribution in [3.05, 3.63) is 71.5 Å². The fourth-order valence-corrected chi connectivity index (χ4v) is 6.13. The second kappa shape index (κ2) is 8.32. The van der Waals surface area contributed by atoms with Gasteiger partial charge in [-0.05, 0) is 36.6 Å². The number of carbonyl (C=O) groups excluding carboxylic acids is 2. The van der Waals surface area contributed by atoms with Crippen LogP contribution < -0.4 is 0 Å². The molecule has 2 saturated heterocycles. The Balaban J connectivity index is 1.43. The lowest BCUT2D eigenvalue weighted by Crippen LogP contribution is -2.86. The van der Waals surface area contributed by atoms with E-state index in [0.717, 1.165) is 31.2 Å². The zero-order valence-electron chi connectivity index (χ0n) is 18.1. The molecule has 0 radical (unpaired) electrons. The van der Waals surface area contributed by atoms with Gasteiger partial charge in [-0.25, -0.2) is 4.39 Å². The highest BCUT2D eigenvalue weighted by atomic mass is 19.1. The first-order valence-electron chi connectivity index (χ1n) is 11.6. The Morgan fingerprint density at radius 2 is 1.72 bits per heavy atom. The third-order valence-corrected chi connectivity index (χ3v) is 7.60. The number of amides is 2. The molecule has 6 heteroatoms. The fourth-order valence-electron chi connectivity index (χ4n) is 6.13. The zero-order valence-corrected chi connectivity index (χ0v) is 18.1. The fraction of sp³-hybridized carbons (Fsp3) is 0.462. The van der Waals surface area contributed by atoms with Crippen LogP contribution in [0.15, 0.2) is 54.6 Å². The number of likely N-dealkylation sites (tertiary alicyclic amines) is 2. The second-order valence-corrected chi connectivity index (χ2v) is 9.46. The predicted octanol–water partition coefficient (Wildman–Crippen LogP) is 3.59. The van der Waals surface area contributed by atoms with E-state index in [4.69, 9.17) is 0 Å². The van der Waals surface area contributed by atoms with Gasteiger partial charge in [-0.15, -0.1) is 0 Å². The first-order valence-corrected chi connectivity index (χ1v) is 11.6. The van der Waals surface area contributed by atoms with Crippen molar-refractivity contribution < 1.29 is 19.1 Å². The van der Waals surface area contributed by atoms with Crippen molar-refractivity contribution in [1.29, 1.82) is 0 Å². The van der Waals surface area contributed by atoms with Crippen molar-refractivity contribution in [2.24, 2.45) is 5.92 Å². The molecule has 1 N–H and O–H groups in total. The first kappa shape index (κ1) is 21.1. The van der Waals surface area contributed by atoms with E-state index in [9.17, 15) is 19.1 Å². The second-order valence-electron chi connectivity index (χ2n) is 9.46. The minimum atomic E-state index is -0.508. The standard InChI is InChI=1S/C26H29FN2O3/c27-21-13-7-12-20(14-21)24(31)28-16-26(17-28)23(18-8-3-1-4-9-18)22(15-30)29(26)25(32)19-10-5-2-6-11-19/h1,3-4,7-9,12-14,19,22-23,30H,2,5-6,10-11,15-17H2/t22-,23+/m1/s1. The number of carbonyl (C=O) groups is 2. The van der Waals surface area contributed by atoms with E-state index >= 15 is 0 Å². The van der Waals surface area contributed by atoms with Gasteiger partial charge in [-0.2, -0.15) is 0 Å². The quantitative estimate of drug-likeness (QED) is 0.797. The smallest absolute Gasteiger partial charge is 0.254 e. The summed E-state index contributed by atoms with van der Waals surface area (Å²) in [6, 6.07) is 15.4. The SMILES string of the molecule is O=C(c1cccc(F)c1)N1CC2(C1)[C@@H](c1ccccc1)[C@@H](CO)N2C(=O)C1CCCCC1. The number of nitrogens with zero attached hydrogens (tertiary/aromatic N) is 2. The number of hydrogen-bond donors (Lipinski definition) is 1. The van der Waals surface area contributed by atoms with E-state index in [-0.39, 0.29) is 36.3 Å². The molecule has 2 aromatic carbocycles. The van der Waals surface area contributed by atoms with Crippen LogP contribution >= 0.6 is 0 Å². The Morgan fingerprint density at radius 3 is 2.38 bits per heavy atom. The number of halogens is 1. The molecule has 5 nitrogen and oxygen atoms in total. The van der Waals surface area contributed by atoms with E-state index in [2.05, 4.69) is 0 Å². The van der Waals surface area contributed by atoms with Crippen LogP contribution in [0, 0.1) is 11.7 Å². The van der Waals surface area contributed by atoms with E-state index < -0.39 is 11.4 Å². The van der Waals surface area contributed by atoms with Crippen molar-refractivity contribution in [3.63, 3.8) is 0 Å². The molecular formula is C26H29FN2O3. The molecule has 2 amide bonds. The molecule has 2 aliphatic heterocycles. The minimum Gasteiger partial charge on any atom is -0.394 e. The van der Waals surface area contributed by atoms with Gasteiger partial charge in [-0.1, -0.05) is 55.7 Å². The van der Waals surface area contributed by atoms with Crippen molar-refractivity contribution in [2.45, 2.75) is 49.6 Å². The van der Waals surface area contributed by atoms with Gasteiger partial charge in [0, 0.05) is 30.5 Å². The number of benzene rings is 2. The van der Waals surface area contributed by atoms with E-state index in [1.165, 1.54) is 24.6 Å². The Morgan fingerprint density at radius 1 is 1.00 bits per heavy atom. The van der Waals surface area contributed by atoms with Crippen molar-refractivity contribution in [1.82, 2.24) is 9.80 Å². The molecule has 0 unspecified atom stereocenters. The summed E-state index contributed by atoms with van der Waals surface area (Å²) in [7, 11) is 0. The number of aliphatic hydroxyl groups is 1. The van der Waals surface area contributed by atoms with Gasteiger partial charge in [0.25, 0.3) is 5.91 Å². The van der Waals surface area contributed by atoms with Crippen LogP contribution in [-0.4, -0.2) is 58.0 Å². The number of rotatable bonds is 4. The van der Waals surface area contributed by atoms with Crippen molar-refractivity contribution in [3.8, 4) is 0 Å². The van der Waals surface area contributed by atoms with Crippen LogP contribution in [0.5, 0.6) is 0 Å². The van der Waals surface area contributed by atoms with Gasteiger partial charge in [-0.3, -0.25) is 9.59 Å². The average molecular weight is 437 g/mol. The van der Waals surface area contributed by atoms with Crippen LogP contribution in [0.1, 0.15) is 53.9 Å².